The maximum absolute atomic E-state index is 11.3. The second kappa shape index (κ2) is 8.16. The highest BCUT2D eigenvalue weighted by molar-refractivity contribution is 5.82. The summed E-state index contributed by atoms with van der Waals surface area (Å²) in [6.45, 7) is 4.72. The zero-order chi connectivity index (χ0) is 15.8. The molecule has 6 nitrogen and oxygen atoms in total. The SMILES string of the molecule is CC(=O)C1CNNc2ccccc2C1.CC(=O)OC(C)=O. The van der Waals surface area contributed by atoms with Gasteiger partial charge in [0, 0.05) is 26.3 Å². The molecule has 2 rings (SSSR count). The third-order valence-corrected chi connectivity index (χ3v) is 2.92. The van der Waals surface area contributed by atoms with Crippen molar-refractivity contribution in [2.45, 2.75) is 27.2 Å². The Morgan fingerprint density at radius 1 is 1.10 bits per heavy atom. The Bertz CT molecular complexity index is 516. The van der Waals surface area contributed by atoms with Crippen molar-refractivity contribution in [2.75, 3.05) is 12.0 Å². The van der Waals surface area contributed by atoms with Crippen LogP contribution in [0.15, 0.2) is 24.3 Å². The maximum atomic E-state index is 11.3. The van der Waals surface area contributed by atoms with Gasteiger partial charge in [-0.15, -0.1) is 0 Å². The number of carbonyl (C=O) groups excluding carboxylic acids is 3. The molecular formula is C15H20N2O4. The molecule has 0 bridgehead atoms. The van der Waals surface area contributed by atoms with Gasteiger partial charge in [-0.1, -0.05) is 18.2 Å². The second-order valence-corrected chi connectivity index (χ2v) is 4.76. The van der Waals surface area contributed by atoms with E-state index in [0.717, 1.165) is 12.1 Å². The molecule has 6 heteroatoms. The third-order valence-electron chi connectivity index (χ3n) is 2.92. The predicted octanol–water partition coefficient (Wildman–Crippen LogP) is 1.46. The van der Waals surface area contributed by atoms with Gasteiger partial charge in [-0.2, -0.15) is 0 Å². The summed E-state index contributed by atoms with van der Waals surface area (Å²) in [5, 5.41) is 0. The number of carbonyl (C=O) groups is 3. The van der Waals surface area contributed by atoms with Crippen molar-refractivity contribution < 1.29 is 19.1 Å². The quantitative estimate of drug-likeness (QED) is 0.602. The van der Waals surface area contributed by atoms with Gasteiger partial charge in [-0.3, -0.25) is 14.4 Å². The van der Waals surface area contributed by atoms with Crippen LogP contribution >= 0.6 is 0 Å². The van der Waals surface area contributed by atoms with Crippen LogP contribution in [-0.2, 0) is 25.5 Å². The molecule has 1 aliphatic rings. The molecule has 1 aromatic carbocycles. The number of hydrogen-bond acceptors (Lipinski definition) is 6. The predicted molar refractivity (Wildman–Crippen MR) is 78.4 cm³/mol. The number of ether oxygens (including phenoxy) is 1. The number of ketones is 1. The van der Waals surface area contributed by atoms with E-state index >= 15 is 0 Å². The van der Waals surface area contributed by atoms with Gasteiger partial charge in [-0.05, 0) is 25.0 Å². The third kappa shape index (κ3) is 6.18. The fraction of sp³-hybridized carbons (Fsp3) is 0.400. The summed E-state index contributed by atoms with van der Waals surface area (Å²) < 4.78 is 3.97. The van der Waals surface area contributed by atoms with Crippen molar-refractivity contribution in [1.82, 2.24) is 5.43 Å². The number of esters is 2. The first-order valence-corrected chi connectivity index (χ1v) is 6.66. The number of para-hydroxylation sites is 1. The molecule has 21 heavy (non-hydrogen) atoms. The van der Waals surface area contributed by atoms with E-state index in [1.807, 2.05) is 18.2 Å². The fourth-order valence-electron chi connectivity index (χ4n) is 1.92. The minimum atomic E-state index is -0.562. The normalized spacial score (nSPS) is 16.2. The minimum Gasteiger partial charge on any atom is -0.394 e. The van der Waals surface area contributed by atoms with Gasteiger partial charge in [-0.25, -0.2) is 5.43 Å². The Morgan fingerprint density at radius 2 is 1.71 bits per heavy atom. The second-order valence-electron chi connectivity index (χ2n) is 4.76. The lowest BCUT2D eigenvalue weighted by Gasteiger charge is -2.08. The topological polar surface area (TPSA) is 84.5 Å². The lowest BCUT2D eigenvalue weighted by molar-refractivity contribution is -0.156. The molecule has 0 fully saturated rings. The first-order valence-electron chi connectivity index (χ1n) is 6.66. The number of rotatable bonds is 1. The van der Waals surface area contributed by atoms with Crippen LogP contribution in [0.3, 0.4) is 0 Å². The average Bonchev–Trinajstić information content (AvgIpc) is 2.59. The molecule has 1 atom stereocenters. The lowest BCUT2D eigenvalue weighted by atomic mass is 9.96. The van der Waals surface area contributed by atoms with Crippen LogP contribution < -0.4 is 10.9 Å². The number of anilines is 1. The van der Waals surface area contributed by atoms with Crippen molar-refractivity contribution >= 4 is 23.4 Å². The molecule has 0 saturated heterocycles. The summed E-state index contributed by atoms with van der Waals surface area (Å²) in [6.07, 6.45) is 0.825. The number of nitrogens with one attached hydrogen (secondary N) is 2. The van der Waals surface area contributed by atoms with Crippen LogP contribution in [0.4, 0.5) is 5.69 Å². The molecule has 0 spiro atoms. The Kier molecular flexibility index (Phi) is 6.55. The van der Waals surface area contributed by atoms with E-state index in [0.29, 0.717) is 6.54 Å². The average molecular weight is 292 g/mol. The van der Waals surface area contributed by atoms with Gasteiger partial charge in [0.1, 0.15) is 5.78 Å². The molecule has 0 aromatic heterocycles. The molecule has 1 aromatic rings. The Balaban J connectivity index is 0.000000270. The van der Waals surface area contributed by atoms with E-state index in [-0.39, 0.29) is 11.7 Å². The number of fused-ring (bicyclic) bond motifs is 1. The highest BCUT2D eigenvalue weighted by Gasteiger charge is 2.18. The largest absolute Gasteiger partial charge is 0.394 e. The van der Waals surface area contributed by atoms with Crippen LogP contribution in [-0.4, -0.2) is 24.3 Å². The summed E-state index contributed by atoms with van der Waals surface area (Å²) in [7, 11) is 0. The number of hydrogen-bond donors (Lipinski definition) is 2. The molecule has 2 N–H and O–H groups in total. The Morgan fingerprint density at radius 3 is 2.24 bits per heavy atom. The highest BCUT2D eigenvalue weighted by atomic mass is 16.6. The van der Waals surface area contributed by atoms with Crippen molar-refractivity contribution in [3.63, 3.8) is 0 Å². The van der Waals surface area contributed by atoms with Crippen molar-refractivity contribution in [1.29, 1.82) is 0 Å². The van der Waals surface area contributed by atoms with E-state index < -0.39 is 11.9 Å². The lowest BCUT2D eigenvalue weighted by Crippen LogP contribution is -2.29. The van der Waals surface area contributed by atoms with Gasteiger partial charge >= 0.3 is 11.9 Å². The molecule has 0 saturated carbocycles. The number of Topliss-reactive ketones (excluding diaryl/α,β-unsaturated/α-hetero) is 1. The summed E-state index contributed by atoms with van der Waals surface area (Å²) in [5.74, 6) is -0.790. The van der Waals surface area contributed by atoms with E-state index in [2.05, 4.69) is 21.7 Å². The van der Waals surface area contributed by atoms with Crippen LogP contribution in [0.5, 0.6) is 0 Å². The Labute approximate surface area is 123 Å². The smallest absolute Gasteiger partial charge is 0.310 e. The van der Waals surface area contributed by atoms with Gasteiger partial charge in [0.15, 0.2) is 0 Å². The molecule has 1 aliphatic heterocycles. The molecule has 0 radical (unpaired) electrons. The highest BCUT2D eigenvalue weighted by Crippen LogP contribution is 2.20. The number of benzene rings is 1. The molecule has 1 unspecified atom stereocenters. The molecule has 0 amide bonds. The molecule has 114 valence electrons. The van der Waals surface area contributed by atoms with Crippen molar-refractivity contribution in [3.05, 3.63) is 29.8 Å². The summed E-state index contributed by atoms with van der Waals surface area (Å²) >= 11 is 0. The molecule has 0 aliphatic carbocycles. The standard InChI is InChI=1S/C11H14N2O.C4H6O3/c1-8(14)10-6-9-4-2-3-5-11(9)13-12-7-10;1-3(5)7-4(2)6/h2-5,10,12-13H,6-7H2,1H3;1-2H3. The minimum absolute atomic E-state index is 0.0890. The van der Waals surface area contributed by atoms with Crippen molar-refractivity contribution in [2.24, 2.45) is 5.92 Å². The van der Waals surface area contributed by atoms with E-state index in [9.17, 15) is 14.4 Å². The summed E-state index contributed by atoms with van der Waals surface area (Å²) in [5.41, 5.74) is 8.46. The zero-order valence-electron chi connectivity index (χ0n) is 12.4. The van der Waals surface area contributed by atoms with Crippen LogP contribution in [0.25, 0.3) is 0 Å². The van der Waals surface area contributed by atoms with E-state index in [1.165, 1.54) is 19.4 Å². The number of hydrazine groups is 1. The molecule has 1 heterocycles. The summed E-state index contributed by atoms with van der Waals surface area (Å²) in [4.78, 5) is 30.9. The first-order chi connectivity index (χ1) is 9.90. The fourth-order valence-corrected chi connectivity index (χ4v) is 1.92. The monoisotopic (exact) mass is 292 g/mol. The molecular weight excluding hydrogens is 272 g/mol. The van der Waals surface area contributed by atoms with Crippen LogP contribution in [0, 0.1) is 5.92 Å². The summed E-state index contributed by atoms with van der Waals surface area (Å²) in [6, 6.07) is 8.07. The van der Waals surface area contributed by atoms with E-state index in [4.69, 9.17) is 0 Å². The first kappa shape index (κ1) is 16.8. The van der Waals surface area contributed by atoms with Crippen molar-refractivity contribution in [3.8, 4) is 0 Å². The van der Waals surface area contributed by atoms with Gasteiger partial charge in [0.25, 0.3) is 0 Å². The van der Waals surface area contributed by atoms with Gasteiger partial charge in [0.2, 0.25) is 0 Å². The van der Waals surface area contributed by atoms with Gasteiger partial charge < -0.3 is 10.2 Å². The maximum Gasteiger partial charge on any atom is 0.310 e. The zero-order valence-corrected chi connectivity index (χ0v) is 12.4. The van der Waals surface area contributed by atoms with E-state index in [1.54, 1.807) is 6.92 Å². The Hall–Kier alpha value is -2.21. The van der Waals surface area contributed by atoms with Crippen LogP contribution in [0.1, 0.15) is 26.3 Å². The van der Waals surface area contributed by atoms with Crippen LogP contribution in [0.2, 0.25) is 0 Å². The van der Waals surface area contributed by atoms with Gasteiger partial charge in [0.05, 0.1) is 5.69 Å².